The van der Waals surface area contributed by atoms with Crippen LogP contribution in [0.3, 0.4) is 0 Å². The van der Waals surface area contributed by atoms with E-state index >= 15 is 0 Å². The number of nitrogens with one attached hydrogen (secondary N) is 1. The van der Waals surface area contributed by atoms with Crippen molar-refractivity contribution in [1.29, 1.82) is 0 Å². The molecule has 0 aliphatic heterocycles. The van der Waals surface area contributed by atoms with Crippen molar-refractivity contribution in [2.75, 3.05) is 5.32 Å². The summed E-state index contributed by atoms with van der Waals surface area (Å²) in [5, 5.41) is 6.62. The van der Waals surface area contributed by atoms with Gasteiger partial charge < -0.3 is 15.6 Å². The molecule has 0 radical (unpaired) electrons. The fourth-order valence-electron chi connectivity index (χ4n) is 1.27. The van der Waals surface area contributed by atoms with Crippen LogP contribution in [0.4, 0.5) is 5.69 Å². The van der Waals surface area contributed by atoms with Crippen LogP contribution in [0, 0.1) is 6.92 Å². The average molecular weight is 231 g/mol. The highest BCUT2D eigenvalue weighted by Gasteiger charge is 2.01. The van der Waals surface area contributed by atoms with Crippen molar-refractivity contribution in [2.24, 2.45) is 10.7 Å². The molecule has 0 amide bonds. The highest BCUT2D eigenvalue weighted by Crippen LogP contribution is 2.04. The van der Waals surface area contributed by atoms with Gasteiger partial charge in [0.15, 0.2) is 11.8 Å². The minimum absolute atomic E-state index is 0.270. The van der Waals surface area contributed by atoms with Crippen LogP contribution in [0.15, 0.2) is 39.8 Å². The lowest BCUT2D eigenvalue weighted by molar-refractivity contribution is 0.376. The summed E-state index contributed by atoms with van der Waals surface area (Å²) < 4.78 is 4.91. The molecule has 88 valence electrons. The van der Waals surface area contributed by atoms with Crippen molar-refractivity contribution >= 4 is 11.6 Å². The second kappa shape index (κ2) is 5.11. The summed E-state index contributed by atoms with van der Waals surface area (Å²) >= 11 is 0. The molecule has 0 aliphatic rings. The second-order valence-corrected chi connectivity index (χ2v) is 3.43. The van der Waals surface area contributed by atoms with Gasteiger partial charge in [-0.15, -0.1) is 0 Å². The van der Waals surface area contributed by atoms with Crippen molar-refractivity contribution in [2.45, 2.75) is 13.5 Å². The number of aliphatic imine (C=N–C) groups is 1. The van der Waals surface area contributed by atoms with Gasteiger partial charge in [-0.2, -0.15) is 4.98 Å². The molecular weight excluding hydrogens is 218 g/mol. The molecule has 1 aromatic carbocycles. The van der Waals surface area contributed by atoms with Gasteiger partial charge in [0, 0.05) is 5.69 Å². The van der Waals surface area contributed by atoms with Crippen molar-refractivity contribution in [3.05, 3.63) is 42.0 Å². The zero-order valence-corrected chi connectivity index (χ0v) is 9.42. The van der Waals surface area contributed by atoms with Crippen molar-refractivity contribution in [3.63, 3.8) is 0 Å². The van der Waals surface area contributed by atoms with Crippen LogP contribution in [-0.2, 0) is 6.54 Å². The molecule has 0 saturated carbocycles. The maximum Gasteiger partial charge on any atom is 0.248 e. The van der Waals surface area contributed by atoms with E-state index in [-0.39, 0.29) is 6.54 Å². The molecule has 0 spiro atoms. The lowest BCUT2D eigenvalue weighted by Gasteiger charge is -2.03. The number of aromatic nitrogens is 2. The predicted octanol–water partition coefficient (Wildman–Crippen LogP) is 1.30. The Hall–Kier alpha value is -2.37. The average Bonchev–Trinajstić information content (AvgIpc) is 2.74. The standard InChI is InChI=1S/C11H13N5O/c1-8-14-10(17-16-8)7-13-11(12)15-9-5-3-2-4-6-9/h2-6H,7H2,1H3,(H3,12,13,15). The maximum absolute atomic E-state index is 5.71. The van der Waals surface area contributed by atoms with Gasteiger partial charge in [-0.1, -0.05) is 23.4 Å². The van der Waals surface area contributed by atoms with E-state index in [2.05, 4.69) is 20.4 Å². The third-order valence-corrected chi connectivity index (χ3v) is 2.00. The largest absolute Gasteiger partial charge is 0.370 e. The van der Waals surface area contributed by atoms with Crippen molar-refractivity contribution in [1.82, 2.24) is 10.1 Å². The number of benzene rings is 1. The van der Waals surface area contributed by atoms with Crippen LogP contribution in [-0.4, -0.2) is 16.1 Å². The summed E-state index contributed by atoms with van der Waals surface area (Å²) in [6, 6.07) is 9.56. The number of nitrogens with zero attached hydrogens (tertiary/aromatic N) is 3. The Labute approximate surface area is 98.6 Å². The first-order valence-electron chi connectivity index (χ1n) is 5.15. The SMILES string of the molecule is Cc1noc(CN=C(N)Nc2ccccc2)n1. The van der Waals surface area contributed by atoms with Gasteiger partial charge in [0.05, 0.1) is 0 Å². The quantitative estimate of drug-likeness (QED) is 0.614. The summed E-state index contributed by atoms with van der Waals surface area (Å²) in [5.41, 5.74) is 6.59. The summed E-state index contributed by atoms with van der Waals surface area (Å²) in [7, 11) is 0. The number of nitrogens with two attached hydrogens (primary N) is 1. The third-order valence-electron chi connectivity index (χ3n) is 2.00. The molecule has 0 fully saturated rings. The first-order chi connectivity index (χ1) is 8.24. The molecule has 0 saturated heterocycles. The number of para-hydroxylation sites is 1. The third kappa shape index (κ3) is 3.30. The molecule has 2 rings (SSSR count). The number of hydrogen-bond acceptors (Lipinski definition) is 4. The molecule has 0 bridgehead atoms. The van der Waals surface area contributed by atoms with Gasteiger partial charge in [-0.3, -0.25) is 0 Å². The Morgan fingerprint density at radius 1 is 1.41 bits per heavy atom. The van der Waals surface area contributed by atoms with Crippen LogP contribution in [0.2, 0.25) is 0 Å². The Balaban J connectivity index is 1.94. The molecule has 17 heavy (non-hydrogen) atoms. The first-order valence-corrected chi connectivity index (χ1v) is 5.15. The minimum Gasteiger partial charge on any atom is -0.370 e. The van der Waals surface area contributed by atoms with E-state index in [1.54, 1.807) is 6.92 Å². The van der Waals surface area contributed by atoms with E-state index < -0.39 is 0 Å². The fraction of sp³-hybridized carbons (Fsp3) is 0.182. The van der Waals surface area contributed by atoms with E-state index in [0.717, 1.165) is 5.69 Å². The fourth-order valence-corrected chi connectivity index (χ4v) is 1.27. The molecule has 0 atom stereocenters. The molecule has 3 N–H and O–H groups in total. The van der Waals surface area contributed by atoms with Crippen LogP contribution < -0.4 is 11.1 Å². The first kappa shape index (κ1) is 11.1. The molecule has 2 aromatic rings. The summed E-state index contributed by atoms with van der Waals surface area (Å²) in [6.45, 7) is 2.02. The Bertz CT molecular complexity index is 506. The lowest BCUT2D eigenvalue weighted by atomic mass is 10.3. The van der Waals surface area contributed by atoms with E-state index in [1.165, 1.54) is 0 Å². The van der Waals surface area contributed by atoms with E-state index in [0.29, 0.717) is 17.7 Å². The van der Waals surface area contributed by atoms with Gasteiger partial charge in [0.2, 0.25) is 5.89 Å². The number of rotatable bonds is 3. The summed E-state index contributed by atoms with van der Waals surface area (Å²) in [4.78, 5) is 8.11. The Kier molecular flexibility index (Phi) is 3.34. The van der Waals surface area contributed by atoms with Crippen LogP contribution >= 0.6 is 0 Å². The van der Waals surface area contributed by atoms with Gasteiger partial charge in [-0.05, 0) is 19.1 Å². The van der Waals surface area contributed by atoms with Gasteiger partial charge in [0.1, 0.15) is 6.54 Å². The number of guanidine groups is 1. The molecule has 6 heteroatoms. The molecule has 6 nitrogen and oxygen atoms in total. The maximum atomic E-state index is 5.71. The van der Waals surface area contributed by atoms with E-state index in [9.17, 15) is 0 Å². The number of aryl methyl sites for hydroxylation is 1. The smallest absolute Gasteiger partial charge is 0.248 e. The molecule has 1 aromatic heterocycles. The highest BCUT2D eigenvalue weighted by molar-refractivity contribution is 5.92. The monoisotopic (exact) mass is 231 g/mol. The summed E-state index contributed by atoms with van der Waals surface area (Å²) in [5.74, 6) is 1.34. The normalized spacial score (nSPS) is 11.5. The Morgan fingerprint density at radius 2 is 2.18 bits per heavy atom. The predicted molar refractivity (Wildman–Crippen MR) is 64.4 cm³/mol. The lowest BCUT2D eigenvalue weighted by Crippen LogP contribution is -2.22. The van der Waals surface area contributed by atoms with Crippen molar-refractivity contribution in [3.8, 4) is 0 Å². The second-order valence-electron chi connectivity index (χ2n) is 3.43. The van der Waals surface area contributed by atoms with E-state index in [1.807, 2.05) is 30.3 Å². The topological polar surface area (TPSA) is 89.3 Å². The summed E-state index contributed by atoms with van der Waals surface area (Å²) in [6.07, 6.45) is 0. The minimum atomic E-state index is 0.270. The van der Waals surface area contributed by atoms with Gasteiger partial charge in [0.25, 0.3) is 0 Å². The van der Waals surface area contributed by atoms with Gasteiger partial charge in [-0.25, -0.2) is 4.99 Å². The number of hydrogen-bond donors (Lipinski definition) is 2. The van der Waals surface area contributed by atoms with Crippen LogP contribution in [0.25, 0.3) is 0 Å². The zero-order chi connectivity index (χ0) is 12.1. The molecule has 0 unspecified atom stereocenters. The Morgan fingerprint density at radius 3 is 2.82 bits per heavy atom. The van der Waals surface area contributed by atoms with Crippen LogP contribution in [0.1, 0.15) is 11.7 Å². The molecular formula is C11H13N5O. The molecule has 1 heterocycles. The van der Waals surface area contributed by atoms with E-state index in [4.69, 9.17) is 10.3 Å². The molecule has 0 aliphatic carbocycles. The highest BCUT2D eigenvalue weighted by atomic mass is 16.5. The zero-order valence-electron chi connectivity index (χ0n) is 9.42. The van der Waals surface area contributed by atoms with Crippen molar-refractivity contribution < 1.29 is 4.52 Å². The van der Waals surface area contributed by atoms with Gasteiger partial charge >= 0.3 is 0 Å². The number of anilines is 1. The van der Waals surface area contributed by atoms with Crippen LogP contribution in [0.5, 0.6) is 0 Å².